The molecule has 0 saturated carbocycles. The average molecular weight is 455 g/mol. The van der Waals surface area contributed by atoms with E-state index in [-0.39, 0.29) is 11.9 Å². The van der Waals surface area contributed by atoms with Gasteiger partial charge in [-0.15, -0.1) is 0 Å². The van der Waals surface area contributed by atoms with E-state index in [0.717, 1.165) is 53.5 Å². The van der Waals surface area contributed by atoms with Gasteiger partial charge in [0.05, 0.1) is 28.8 Å². The van der Waals surface area contributed by atoms with Crippen molar-refractivity contribution in [3.05, 3.63) is 84.3 Å². The minimum absolute atomic E-state index is 0.121. The summed E-state index contributed by atoms with van der Waals surface area (Å²) in [5.74, 6) is 1.79. The normalized spacial score (nSPS) is 15.2. The molecule has 0 aliphatic carbocycles. The van der Waals surface area contributed by atoms with Gasteiger partial charge in [0.25, 0.3) is 0 Å². The molecule has 1 aliphatic heterocycles. The molecular weight excluding hydrogens is 427 g/mol. The van der Waals surface area contributed by atoms with Crippen molar-refractivity contribution >= 4 is 12.0 Å². The molecule has 172 valence electrons. The number of hydrogen-bond acceptors (Lipinski definition) is 5. The Morgan fingerprint density at radius 1 is 1.06 bits per heavy atom. The van der Waals surface area contributed by atoms with Gasteiger partial charge in [0.1, 0.15) is 11.6 Å². The van der Waals surface area contributed by atoms with Crippen molar-refractivity contribution in [1.29, 1.82) is 0 Å². The molecule has 5 rings (SSSR count). The molecule has 6 nitrogen and oxygen atoms in total. The summed E-state index contributed by atoms with van der Waals surface area (Å²) < 4.78 is 15.9. The number of aryl methyl sites for hydroxylation is 1. The molecule has 0 radical (unpaired) electrons. The van der Waals surface area contributed by atoms with Crippen LogP contribution in [0.3, 0.4) is 0 Å². The van der Waals surface area contributed by atoms with Crippen molar-refractivity contribution in [3.8, 4) is 22.6 Å². The summed E-state index contributed by atoms with van der Waals surface area (Å²) in [7, 11) is 0. The standard InChI is InChI=1S/C27H27FN6/c1-18(2)17-31-27-30-16-14-23(32-27)26-25(19-6-8-20(28)9-7-19)33-24-13-12-22(34(24)26)11-10-21-5-3-4-15-29-21/h3-11,14-16,18,22H,12-13,17H2,1-2H3,(H,30,31,32)/b11-10+. The van der Waals surface area contributed by atoms with Gasteiger partial charge in [0.15, 0.2) is 0 Å². The largest absolute Gasteiger partial charge is 0.354 e. The van der Waals surface area contributed by atoms with E-state index in [1.165, 1.54) is 12.1 Å². The maximum atomic E-state index is 13.6. The molecule has 3 aromatic heterocycles. The smallest absolute Gasteiger partial charge is 0.223 e. The predicted molar refractivity (Wildman–Crippen MR) is 133 cm³/mol. The van der Waals surface area contributed by atoms with Gasteiger partial charge in [-0.25, -0.2) is 19.3 Å². The number of pyridine rings is 1. The Bertz CT molecular complexity index is 1290. The fourth-order valence-corrected chi connectivity index (χ4v) is 4.21. The van der Waals surface area contributed by atoms with E-state index in [1.54, 1.807) is 24.5 Å². The number of imidazole rings is 1. The minimum atomic E-state index is -0.268. The highest BCUT2D eigenvalue weighted by atomic mass is 19.1. The first kappa shape index (κ1) is 21.9. The summed E-state index contributed by atoms with van der Waals surface area (Å²) in [6.07, 6.45) is 9.60. The molecule has 0 fully saturated rings. The van der Waals surface area contributed by atoms with E-state index in [0.29, 0.717) is 11.9 Å². The lowest BCUT2D eigenvalue weighted by molar-refractivity contribution is 0.628. The number of allylic oxidation sites excluding steroid dienone is 1. The van der Waals surface area contributed by atoms with Gasteiger partial charge in [-0.05, 0) is 60.9 Å². The Morgan fingerprint density at radius 2 is 1.91 bits per heavy atom. The van der Waals surface area contributed by atoms with Crippen LogP contribution in [0.2, 0.25) is 0 Å². The highest BCUT2D eigenvalue weighted by Crippen LogP contribution is 2.39. The van der Waals surface area contributed by atoms with Gasteiger partial charge in [0, 0.05) is 30.9 Å². The number of anilines is 1. The summed E-state index contributed by atoms with van der Waals surface area (Å²) in [6.45, 7) is 5.08. The Kier molecular flexibility index (Phi) is 6.16. The molecule has 0 saturated heterocycles. The number of nitrogens with one attached hydrogen (secondary N) is 1. The Balaban J connectivity index is 1.60. The topological polar surface area (TPSA) is 68.5 Å². The lowest BCUT2D eigenvalue weighted by atomic mass is 10.1. The van der Waals surface area contributed by atoms with Crippen molar-refractivity contribution < 1.29 is 4.39 Å². The third-order valence-corrected chi connectivity index (χ3v) is 5.84. The number of aromatic nitrogens is 5. The van der Waals surface area contributed by atoms with E-state index in [2.05, 4.69) is 45.9 Å². The Hall–Kier alpha value is -3.87. The van der Waals surface area contributed by atoms with Gasteiger partial charge in [-0.3, -0.25) is 4.98 Å². The molecule has 0 bridgehead atoms. The van der Waals surface area contributed by atoms with Gasteiger partial charge in [0.2, 0.25) is 5.95 Å². The van der Waals surface area contributed by atoms with Crippen molar-refractivity contribution in [2.75, 3.05) is 11.9 Å². The van der Waals surface area contributed by atoms with E-state index in [4.69, 9.17) is 9.97 Å². The highest BCUT2D eigenvalue weighted by Gasteiger charge is 2.29. The maximum absolute atomic E-state index is 13.6. The van der Waals surface area contributed by atoms with Crippen LogP contribution in [-0.4, -0.2) is 31.0 Å². The number of hydrogen-bond donors (Lipinski definition) is 1. The van der Waals surface area contributed by atoms with E-state index in [1.807, 2.05) is 24.3 Å². The zero-order valence-electron chi connectivity index (χ0n) is 19.3. The molecule has 0 spiro atoms. The minimum Gasteiger partial charge on any atom is -0.354 e. The van der Waals surface area contributed by atoms with Crippen LogP contribution < -0.4 is 5.32 Å². The van der Waals surface area contributed by atoms with Crippen LogP contribution in [0.5, 0.6) is 0 Å². The molecule has 1 aromatic carbocycles. The van der Waals surface area contributed by atoms with Crippen LogP contribution in [0.25, 0.3) is 28.7 Å². The van der Waals surface area contributed by atoms with Crippen molar-refractivity contribution in [2.24, 2.45) is 5.92 Å². The lowest BCUT2D eigenvalue weighted by Crippen LogP contribution is -2.11. The highest BCUT2D eigenvalue weighted by molar-refractivity contribution is 5.78. The average Bonchev–Trinajstić information content (AvgIpc) is 3.42. The summed E-state index contributed by atoms with van der Waals surface area (Å²) in [5, 5.41) is 3.31. The summed E-state index contributed by atoms with van der Waals surface area (Å²) in [6, 6.07) is 14.4. The Morgan fingerprint density at radius 3 is 2.68 bits per heavy atom. The second-order valence-electron chi connectivity index (χ2n) is 8.86. The van der Waals surface area contributed by atoms with Crippen molar-refractivity contribution in [2.45, 2.75) is 32.7 Å². The fourth-order valence-electron chi connectivity index (χ4n) is 4.21. The summed E-state index contributed by atoms with van der Waals surface area (Å²) in [5.41, 5.74) is 4.29. The fraction of sp³-hybridized carbons (Fsp3) is 0.259. The SMILES string of the molecule is CC(C)CNc1nccc(-c2c(-c3ccc(F)cc3)nc3n2C(/C=C/c2ccccn2)CC3)n1. The quantitative estimate of drug-likeness (QED) is 0.382. The number of benzene rings is 1. The van der Waals surface area contributed by atoms with Crippen molar-refractivity contribution in [3.63, 3.8) is 0 Å². The first-order valence-corrected chi connectivity index (χ1v) is 11.6. The molecular formula is C27H27FN6. The van der Waals surface area contributed by atoms with Gasteiger partial charge < -0.3 is 9.88 Å². The molecule has 0 amide bonds. The molecule has 7 heteroatoms. The first-order chi connectivity index (χ1) is 16.6. The van der Waals surface area contributed by atoms with E-state index >= 15 is 0 Å². The number of rotatable bonds is 7. The van der Waals surface area contributed by atoms with Gasteiger partial charge >= 0.3 is 0 Å². The number of nitrogens with zero attached hydrogens (tertiary/aromatic N) is 5. The zero-order valence-corrected chi connectivity index (χ0v) is 19.3. The van der Waals surface area contributed by atoms with E-state index in [9.17, 15) is 4.39 Å². The van der Waals surface area contributed by atoms with Crippen LogP contribution in [0.4, 0.5) is 10.3 Å². The molecule has 34 heavy (non-hydrogen) atoms. The monoisotopic (exact) mass is 454 g/mol. The first-order valence-electron chi connectivity index (χ1n) is 11.6. The zero-order chi connectivity index (χ0) is 23.5. The Labute approximate surface area is 198 Å². The second kappa shape index (κ2) is 9.55. The number of fused-ring (bicyclic) bond motifs is 1. The predicted octanol–water partition coefficient (Wildman–Crippen LogP) is 5.81. The maximum Gasteiger partial charge on any atom is 0.223 e. The van der Waals surface area contributed by atoms with Crippen LogP contribution in [-0.2, 0) is 6.42 Å². The van der Waals surface area contributed by atoms with Crippen LogP contribution in [0.1, 0.15) is 37.8 Å². The van der Waals surface area contributed by atoms with E-state index < -0.39 is 0 Å². The molecule has 1 atom stereocenters. The summed E-state index contributed by atoms with van der Waals surface area (Å²) >= 11 is 0. The van der Waals surface area contributed by atoms with Crippen LogP contribution >= 0.6 is 0 Å². The molecule has 4 heterocycles. The van der Waals surface area contributed by atoms with Crippen molar-refractivity contribution in [1.82, 2.24) is 24.5 Å². The van der Waals surface area contributed by atoms with Gasteiger partial charge in [-0.2, -0.15) is 0 Å². The summed E-state index contributed by atoms with van der Waals surface area (Å²) in [4.78, 5) is 18.6. The third-order valence-electron chi connectivity index (χ3n) is 5.84. The molecule has 1 N–H and O–H groups in total. The molecule has 1 aliphatic rings. The van der Waals surface area contributed by atoms with Crippen LogP contribution in [0, 0.1) is 11.7 Å². The molecule has 4 aromatic rings. The lowest BCUT2D eigenvalue weighted by Gasteiger charge is -2.15. The third kappa shape index (κ3) is 4.59. The molecule has 1 unspecified atom stereocenters. The number of halogens is 1. The van der Waals surface area contributed by atoms with Gasteiger partial charge in [-0.1, -0.05) is 26.0 Å². The second-order valence-corrected chi connectivity index (χ2v) is 8.86. The van der Waals surface area contributed by atoms with Crippen LogP contribution in [0.15, 0.2) is 67.0 Å².